The molecular weight excluding hydrogens is 560 g/mol. The first-order valence-electron chi connectivity index (χ1n) is 14.9. The Balaban J connectivity index is 1.21. The number of ether oxygens (including phenoxy) is 5. The molecule has 2 heterocycles. The van der Waals surface area contributed by atoms with Crippen molar-refractivity contribution < 1.29 is 28.5 Å². The number of thioether (sulfide) groups is 1. The summed E-state index contributed by atoms with van der Waals surface area (Å²) in [5, 5.41) is -0.313. The van der Waals surface area contributed by atoms with Crippen molar-refractivity contribution in [3.8, 4) is 0 Å². The Morgan fingerprint density at radius 3 is 2.28 bits per heavy atom. The molecule has 7 heteroatoms. The summed E-state index contributed by atoms with van der Waals surface area (Å²) in [5.74, 6) is -0.00178. The van der Waals surface area contributed by atoms with Crippen LogP contribution in [0.4, 0.5) is 0 Å². The lowest BCUT2D eigenvalue weighted by Gasteiger charge is -2.49. The van der Waals surface area contributed by atoms with Crippen molar-refractivity contribution in [2.75, 3.05) is 6.61 Å². The van der Waals surface area contributed by atoms with Crippen molar-refractivity contribution in [1.29, 1.82) is 0 Å². The van der Waals surface area contributed by atoms with Gasteiger partial charge in [-0.3, -0.25) is 4.79 Å². The Labute approximate surface area is 256 Å². The molecule has 0 aromatic heterocycles. The Hall–Kier alpha value is -3.30. The molecule has 2 unspecified atom stereocenters. The van der Waals surface area contributed by atoms with Crippen LogP contribution in [0.1, 0.15) is 39.8 Å². The van der Waals surface area contributed by atoms with Gasteiger partial charge in [-0.05, 0) is 36.1 Å². The molecule has 0 spiro atoms. The molecule has 0 radical (unpaired) electrons. The van der Waals surface area contributed by atoms with Gasteiger partial charge in [-0.25, -0.2) is 0 Å². The molecule has 7 atom stereocenters. The zero-order valence-corrected chi connectivity index (χ0v) is 24.5. The van der Waals surface area contributed by atoms with Crippen LogP contribution in [0, 0.1) is 0 Å². The van der Waals surface area contributed by atoms with Crippen LogP contribution < -0.4 is 0 Å². The van der Waals surface area contributed by atoms with Crippen LogP contribution in [0.15, 0.2) is 120 Å². The number of rotatable bonds is 8. The second-order valence-electron chi connectivity index (χ2n) is 11.1. The van der Waals surface area contributed by atoms with E-state index in [1.165, 1.54) is 0 Å². The van der Waals surface area contributed by atoms with Gasteiger partial charge in [0.05, 0.1) is 18.5 Å². The lowest BCUT2D eigenvalue weighted by Crippen LogP contribution is -2.62. The van der Waals surface area contributed by atoms with Gasteiger partial charge in [0.1, 0.15) is 24.4 Å². The van der Waals surface area contributed by atoms with Crippen molar-refractivity contribution >= 4 is 17.5 Å². The third-order valence-electron chi connectivity index (χ3n) is 8.21. The van der Waals surface area contributed by atoms with Crippen LogP contribution >= 0.6 is 11.8 Å². The Kier molecular flexibility index (Phi) is 8.70. The lowest BCUT2D eigenvalue weighted by atomic mass is 9.88. The molecule has 3 aliphatic rings. The van der Waals surface area contributed by atoms with Crippen molar-refractivity contribution in [3.63, 3.8) is 0 Å². The molecule has 2 saturated heterocycles. The van der Waals surface area contributed by atoms with Gasteiger partial charge in [0.25, 0.3) is 0 Å². The number of hydrogen-bond donors (Lipinski definition) is 0. The minimum absolute atomic E-state index is 0.00178. The molecule has 4 aromatic rings. The van der Waals surface area contributed by atoms with Crippen LogP contribution in [0.25, 0.3) is 0 Å². The summed E-state index contributed by atoms with van der Waals surface area (Å²) in [6.45, 7) is 0.725. The van der Waals surface area contributed by atoms with Gasteiger partial charge in [0.2, 0.25) is 0 Å². The van der Waals surface area contributed by atoms with Gasteiger partial charge in [-0.2, -0.15) is 0 Å². The zero-order valence-electron chi connectivity index (χ0n) is 23.7. The summed E-state index contributed by atoms with van der Waals surface area (Å²) in [5.41, 5.74) is 3.81. The van der Waals surface area contributed by atoms with Gasteiger partial charge in [-0.1, -0.05) is 103 Å². The average Bonchev–Trinajstić information content (AvgIpc) is 3.07. The summed E-state index contributed by atoms with van der Waals surface area (Å²) in [6.07, 6.45) is -1.72. The van der Waals surface area contributed by atoms with Crippen LogP contribution in [0.5, 0.6) is 0 Å². The second kappa shape index (κ2) is 13.1. The fourth-order valence-corrected chi connectivity index (χ4v) is 7.27. The van der Waals surface area contributed by atoms with E-state index in [0.29, 0.717) is 19.6 Å². The van der Waals surface area contributed by atoms with Crippen molar-refractivity contribution in [3.05, 3.63) is 138 Å². The maximum Gasteiger partial charge on any atom is 0.191 e. The summed E-state index contributed by atoms with van der Waals surface area (Å²) in [7, 11) is 0. The summed E-state index contributed by atoms with van der Waals surface area (Å²) >= 11 is 1.64. The number of benzene rings is 4. The molecule has 0 saturated carbocycles. The van der Waals surface area contributed by atoms with Crippen molar-refractivity contribution in [2.45, 2.75) is 66.6 Å². The van der Waals surface area contributed by atoms with E-state index in [0.717, 1.165) is 33.6 Å². The predicted molar refractivity (Wildman–Crippen MR) is 164 cm³/mol. The average molecular weight is 595 g/mol. The quantitative estimate of drug-likeness (QED) is 0.223. The van der Waals surface area contributed by atoms with E-state index in [1.807, 2.05) is 91.0 Å². The largest absolute Gasteiger partial charge is 0.369 e. The highest BCUT2D eigenvalue weighted by Crippen LogP contribution is 2.43. The van der Waals surface area contributed by atoms with Crippen LogP contribution in [0.3, 0.4) is 0 Å². The fraction of sp³-hybridized carbons (Fsp3) is 0.306. The lowest BCUT2D eigenvalue weighted by molar-refractivity contribution is -0.342. The smallest absolute Gasteiger partial charge is 0.191 e. The molecule has 0 bridgehead atoms. The standard InChI is InChI=1S/C36H34O6S/c37-31-28-19-11-10-14-25(28)20-21-29(31)40-36-34(43-27-17-8-3-9-18-27)33(38-22-24-12-4-1-5-13-24)32-30(41-36)23-39-35(42-32)26-15-6-2-7-16-26/h1-19,29-30,32-36H,20-23H2/t29?,30-,32-,33+,34-,35?,36-/m1/s1. The monoisotopic (exact) mass is 594 g/mol. The van der Waals surface area contributed by atoms with Crippen LogP contribution in [-0.4, -0.2) is 48.3 Å². The Bertz CT molecular complexity index is 1500. The summed E-state index contributed by atoms with van der Waals surface area (Å²) in [6, 6.07) is 38.0. The number of carbonyl (C=O) groups is 1. The highest BCUT2D eigenvalue weighted by atomic mass is 32.2. The highest BCUT2D eigenvalue weighted by Gasteiger charge is 2.52. The van der Waals surface area contributed by atoms with Gasteiger partial charge < -0.3 is 23.7 Å². The van der Waals surface area contributed by atoms with E-state index in [1.54, 1.807) is 11.8 Å². The van der Waals surface area contributed by atoms with Crippen LogP contribution in [-0.2, 0) is 36.7 Å². The SMILES string of the molecule is O=C1c2ccccc2CCC1O[C@@H]1O[C@@H]2COC(c3ccccc3)O[C@H]2[C@H](OCc2ccccc2)[C@H]1Sc1ccccc1. The number of fused-ring (bicyclic) bond motifs is 2. The van der Waals surface area contributed by atoms with Crippen molar-refractivity contribution in [1.82, 2.24) is 0 Å². The van der Waals surface area contributed by atoms with E-state index in [9.17, 15) is 4.79 Å². The molecule has 7 rings (SSSR count). The van der Waals surface area contributed by atoms with Gasteiger partial charge in [0.15, 0.2) is 18.4 Å². The molecule has 0 N–H and O–H groups in total. The predicted octanol–water partition coefficient (Wildman–Crippen LogP) is 6.79. The van der Waals surface area contributed by atoms with Gasteiger partial charge in [-0.15, -0.1) is 11.8 Å². The molecule has 1 aliphatic carbocycles. The zero-order chi connectivity index (χ0) is 29.0. The second-order valence-corrected chi connectivity index (χ2v) is 12.3. The molecule has 220 valence electrons. The first-order valence-corrected chi connectivity index (χ1v) is 15.7. The highest BCUT2D eigenvalue weighted by molar-refractivity contribution is 8.00. The molecule has 4 aromatic carbocycles. The van der Waals surface area contributed by atoms with E-state index in [-0.39, 0.29) is 11.0 Å². The number of carbonyl (C=O) groups excluding carboxylic acids is 1. The maximum absolute atomic E-state index is 13.6. The number of Topliss-reactive ketones (excluding diaryl/α,β-unsaturated/α-hetero) is 1. The number of aryl methyl sites for hydroxylation is 1. The topological polar surface area (TPSA) is 63.2 Å². The third kappa shape index (κ3) is 6.34. The number of ketones is 1. The molecule has 43 heavy (non-hydrogen) atoms. The normalized spacial score (nSPS) is 28.6. The molecule has 0 amide bonds. The minimum Gasteiger partial charge on any atom is -0.369 e. The molecule has 2 aliphatic heterocycles. The van der Waals surface area contributed by atoms with Crippen LogP contribution in [0.2, 0.25) is 0 Å². The first kappa shape index (κ1) is 28.5. The maximum atomic E-state index is 13.6. The Morgan fingerprint density at radius 1 is 0.791 bits per heavy atom. The van der Waals surface area contributed by atoms with Gasteiger partial charge >= 0.3 is 0 Å². The molecular formula is C36H34O6S. The third-order valence-corrected chi connectivity index (χ3v) is 9.51. The van der Waals surface area contributed by atoms with Crippen molar-refractivity contribution in [2.24, 2.45) is 0 Å². The van der Waals surface area contributed by atoms with E-state index in [2.05, 4.69) is 24.3 Å². The summed E-state index contributed by atoms with van der Waals surface area (Å²) in [4.78, 5) is 14.6. The minimum atomic E-state index is -0.716. The Morgan fingerprint density at radius 2 is 1.49 bits per heavy atom. The fourth-order valence-electron chi connectivity index (χ4n) is 6.04. The summed E-state index contributed by atoms with van der Waals surface area (Å²) < 4.78 is 32.9. The molecule has 6 nitrogen and oxygen atoms in total. The first-order chi connectivity index (χ1) is 21.2. The number of hydrogen-bond acceptors (Lipinski definition) is 7. The van der Waals surface area contributed by atoms with E-state index >= 15 is 0 Å². The van der Waals surface area contributed by atoms with E-state index in [4.69, 9.17) is 23.7 Å². The van der Waals surface area contributed by atoms with E-state index < -0.39 is 37.0 Å². The molecule has 2 fully saturated rings. The van der Waals surface area contributed by atoms with Gasteiger partial charge in [0, 0.05) is 16.0 Å².